The van der Waals surface area contributed by atoms with Gasteiger partial charge in [0.1, 0.15) is 54.5 Å². The molecule has 0 aliphatic carbocycles. The van der Waals surface area contributed by atoms with E-state index in [1.165, 1.54) is 40.3 Å². The summed E-state index contributed by atoms with van der Waals surface area (Å²) >= 11 is 0.779. The van der Waals surface area contributed by atoms with E-state index in [-0.39, 0.29) is 163 Å². The SMILES string of the molecule is CC[C@H](C)[C@H](NC(=O)[C@H](CCCN=C(N)N)NC(=O)[C@@H](N)CCCN=C(N)N)C(=O)N[C@@H](CCCN=C(N)N)C(=O)N1CCC[C@H]1C(=O)N[C@@H](CCCN=C(N)N)C(=O)N1CCC[C@H]1C(=O)N[C@@H](CCCN=C(N)N)C(=O)N[C@@H](CSc1ccc2n1[B-](F)(F)[N+]1=CC=CC1=C2)C(=O)O. The molecule has 2 saturated heterocycles. The Bertz CT molecular complexity index is 3250. The smallest absolute Gasteiger partial charge is 0.480 e. The largest absolute Gasteiger partial charge is 0.737 e. The number of amides is 8. The summed E-state index contributed by atoms with van der Waals surface area (Å²) in [7, 11) is 0. The van der Waals surface area contributed by atoms with Crippen LogP contribution in [0.4, 0.5) is 8.63 Å². The number of rotatable bonds is 40. The van der Waals surface area contributed by atoms with Crippen LogP contribution in [0, 0.1) is 5.92 Å². The number of hydrogen-bond acceptors (Lipinski definition) is 16. The van der Waals surface area contributed by atoms with E-state index in [0.29, 0.717) is 25.7 Å². The molecule has 0 saturated carbocycles. The number of carbonyl (C=O) groups is 9. The predicted octanol–water partition coefficient (Wildman–Crippen LogP) is -5.57. The van der Waals surface area contributed by atoms with E-state index in [2.05, 4.69) is 56.9 Å². The van der Waals surface area contributed by atoms with Crippen molar-refractivity contribution in [1.82, 2.24) is 46.2 Å². The van der Waals surface area contributed by atoms with Crippen molar-refractivity contribution < 1.29 is 61.4 Å². The maximum atomic E-state index is 15.8. The number of guanidine groups is 5. The van der Waals surface area contributed by atoms with Crippen LogP contribution >= 0.6 is 11.8 Å². The molecule has 29 N–H and O–H groups in total. The molecule has 5 heterocycles. The molecule has 0 aromatic carbocycles. The Labute approximate surface area is 570 Å². The number of carboxylic acids is 1. The van der Waals surface area contributed by atoms with Gasteiger partial charge in [0.25, 0.3) is 0 Å². The van der Waals surface area contributed by atoms with E-state index >= 15 is 8.63 Å². The molecule has 0 spiro atoms. The van der Waals surface area contributed by atoms with Crippen molar-refractivity contribution >= 4 is 114 Å². The van der Waals surface area contributed by atoms with Gasteiger partial charge in [0.2, 0.25) is 47.3 Å². The lowest BCUT2D eigenvalue weighted by molar-refractivity contribution is -0.356. The van der Waals surface area contributed by atoms with Gasteiger partial charge in [-0.1, -0.05) is 20.3 Å². The molecule has 4 aliphatic heterocycles. The van der Waals surface area contributed by atoms with Crippen LogP contribution in [0.3, 0.4) is 0 Å². The first kappa shape index (κ1) is 78.9. The number of nitrogens with zero attached hydrogens (tertiary/aromatic N) is 9. The van der Waals surface area contributed by atoms with Crippen LogP contribution in [0.2, 0.25) is 0 Å². The van der Waals surface area contributed by atoms with E-state index in [1.54, 1.807) is 19.9 Å². The van der Waals surface area contributed by atoms with Crippen LogP contribution < -0.4 is 95.0 Å². The number of nitrogens with two attached hydrogens (primary N) is 11. The number of carbonyl (C=O) groups excluding carboxylic acids is 8. The monoisotopic (exact) mass is 1400 g/mol. The first-order valence-electron chi connectivity index (χ1n) is 32.5. The van der Waals surface area contributed by atoms with Crippen LogP contribution in [0.15, 0.2) is 60.0 Å². The second kappa shape index (κ2) is 38.3. The molecule has 0 bridgehead atoms. The van der Waals surface area contributed by atoms with E-state index in [9.17, 15) is 48.3 Å². The third-order valence-corrected chi connectivity index (χ3v) is 17.9. The molecule has 542 valence electrons. The minimum absolute atomic E-state index is 0.000343. The Kier molecular flexibility index (Phi) is 30.8. The summed E-state index contributed by atoms with van der Waals surface area (Å²) in [6, 6.07) is -8.91. The second-order valence-electron chi connectivity index (χ2n) is 24.1. The second-order valence-corrected chi connectivity index (χ2v) is 25.1. The average Bonchev–Trinajstić information content (AvgIpc) is 1.57. The van der Waals surface area contributed by atoms with Gasteiger partial charge in [-0.25, -0.2) is 4.79 Å². The van der Waals surface area contributed by atoms with Crippen LogP contribution in [-0.2, 0) is 43.2 Å². The van der Waals surface area contributed by atoms with E-state index in [0.717, 1.165) is 20.7 Å². The third kappa shape index (κ3) is 23.5. The summed E-state index contributed by atoms with van der Waals surface area (Å²) in [6.45, 7) is -0.468. The van der Waals surface area contributed by atoms with Gasteiger partial charge >= 0.3 is 12.9 Å². The fourth-order valence-electron chi connectivity index (χ4n) is 11.5. The topological polar surface area (TPSA) is 608 Å². The van der Waals surface area contributed by atoms with Gasteiger partial charge in [0.15, 0.2) is 35.5 Å². The quantitative estimate of drug-likeness (QED) is 0.00958. The Morgan fingerprint density at radius 3 is 1.48 bits per heavy atom. The zero-order valence-electron chi connectivity index (χ0n) is 55.2. The van der Waals surface area contributed by atoms with Gasteiger partial charge in [-0.2, -0.15) is 0 Å². The van der Waals surface area contributed by atoms with Gasteiger partial charge < -0.3 is 127 Å². The molecule has 40 heteroatoms. The molecule has 98 heavy (non-hydrogen) atoms. The summed E-state index contributed by atoms with van der Waals surface area (Å²) in [6.07, 6.45) is 7.84. The molecule has 36 nitrogen and oxygen atoms in total. The van der Waals surface area contributed by atoms with Crippen LogP contribution in [0.25, 0.3) is 6.08 Å². The number of aliphatic carboxylic acids is 1. The highest BCUT2D eigenvalue weighted by Crippen LogP contribution is 2.35. The van der Waals surface area contributed by atoms with Crippen molar-refractivity contribution in [2.45, 2.75) is 170 Å². The molecule has 0 radical (unpaired) electrons. The summed E-state index contributed by atoms with van der Waals surface area (Å²) in [4.78, 5) is 151. The normalized spacial score (nSPS) is 18.1. The fourth-order valence-corrected chi connectivity index (χ4v) is 12.6. The Morgan fingerprint density at radius 2 is 1.01 bits per heavy atom. The van der Waals surface area contributed by atoms with E-state index < -0.39 is 126 Å². The lowest BCUT2D eigenvalue weighted by Crippen LogP contribution is -2.60. The summed E-state index contributed by atoms with van der Waals surface area (Å²) in [5.41, 5.74) is 62.0. The standard InChI is InChI=1S/C58H97BF2N26O10S/c1-3-32(2)44(83-47(90)37(15-6-24-75-56(67)68)78-45(88)35(62)13-4-22-73-54(63)64)50(93)81-39(17-8-26-77-58(71)72)52(95)85-28-11-19-42(85)49(92)80-38(16-7-25-76-57(69)70)51(94)84-27-10-18-41(84)48(91)79-36(14-5-23-74-55(65)66)46(89)82-40(53(96)97)31-98-43-21-20-34-30-33-12-9-29-86(33)59(60,61)87(34)43/h9,12,20-21,29-30,32,35-42,44H,3-8,10-11,13-19,22-28,31,62H2,1-2H3,(H,78,88)(H,79,91)(H,80,92)(H,81,93)(H,82,89)(H,83,90)(H,96,97)(H4,63,64,73)(H4,65,66,74)(H4,67,68,75)(H4,69,70,76)(H4,71,72,77)/t32-,35-,36-,37-,38-,39-,40-,41-,42-,44-/m0/s1. The number of aromatic nitrogens is 1. The number of hydrogen-bond donors (Lipinski definition) is 18. The summed E-state index contributed by atoms with van der Waals surface area (Å²) in [5.74, 6) is -9.61. The first-order chi connectivity index (χ1) is 46.4. The van der Waals surface area contributed by atoms with Crippen LogP contribution in [-0.4, -0.2) is 226 Å². The predicted molar refractivity (Wildman–Crippen MR) is 368 cm³/mol. The highest BCUT2D eigenvalue weighted by atomic mass is 32.2. The van der Waals surface area contributed by atoms with E-state index in [4.69, 9.17) is 63.1 Å². The van der Waals surface area contributed by atoms with Gasteiger partial charge in [-0.05, 0) is 108 Å². The van der Waals surface area contributed by atoms with E-state index in [1.807, 2.05) is 0 Å². The summed E-state index contributed by atoms with van der Waals surface area (Å²) < 4.78 is 33.3. The summed E-state index contributed by atoms with van der Waals surface area (Å²) in [5, 5.41) is 26.5. The first-order valence-corrected chi connectivity index (χ1v) is 33.5. The van der Waals surface area contributed by atoms with Gasteiger partial charge in [0, 0.05) is 80.5 Å². The van der Waals surface area contributed by atoms with Crippen molar-refractivity contribution in [3.05, 3.63) is 35.7 Å². The van der Waals surface area contributed by atoms with Crippen molar-refractivity contribution in [3.8, 4) is 0 Å². The number of nitrogens with one attached hydrogen (secondary N) is 6. The van der Waals surface area contributed by atoms with Crippen LogP contribution in [0.5, 0.6) is 0 Å². The Morgan fingerprint density at radius 1 is 0.592 bits per heavy atom. The fraction of sp³-hybridized carbons (Fsp3) is 0.603. The minimum Gasteiger partial charge on any atom is -0.480 e. The third-order valence-electron chi connectivity index (χ3n) is 16.7. The maximum Gasteiger partial charge on any atom is 0.737 e. The van der Waals surface area contributed by atoms with Crippen molar-refractivity contribution in [3.63, 3.8) is 0 Å². The minimum atomic E-state index is -4.35. The number of thioether (sulfide) groups is 1. The van der Waals surface area contributed by atoms with Crippen molar-refractivity contribution in [1.29, 1.82) is 0 Å². The molecule has 10 atom stereocenters. The van der Waals surface area contributed by atoms with Gasteiger partial charge in [0.05, 0.1) is 6.04 Å². The van der Waals surface area contributed by atoms with Gasteiger partial charge in [-0.15, -0.1) is 11.8 Å². The number of aliphatic imine (C=N–C) groups is 5. The molecule has 8 amide bonds. The molecule has 1 aromatic heterocycles. The van der Waals surface area contributed by atoms with Crippen molar-refractivity contribution in [2.24, 2.45) is 94.0 Å². The zero-order chi connectivity index (χ0) is 72.4. The van der Waals surface area contributed by atoms with Crippen molar-refractivity contribution in [2.75, 3.05) is 51.6 Å². The molecule has 1 aromatic rings. The Hall–Kier alpha value is -9.76. The number of allylic oxidation sites excluding steroid dienone is 2. The molecule has 2 fully saturated rings. The highest BCUT2D eigenvalue weighted by molar-refractivity contribution is 7.99. The molecule has 0 unspecified atom stereocenters. The lowest BCUT2D eigenvalue weighted by Gasteiger charge is -2.33. The highest BCUT2D eigenvalue weighted by Gasteiger charge is 2.51. The lowest BCUT2D eigenvalue weighted by atomic mass is 9.92. The van der Waals surface area contributed by atoms with Crippen LogP contribution in [0.1, 0.15) is 116 Å². The molecule has 5 rings (SSSR count). The molecular formula is C58H97BF2N26O10S. The van der Waals surface area contributed by atoms with Gasteiger partial charge in [-0.3, -0.25) is 63.3 Å². The zero-order valence-corrected chi connectivity index (χ0v) is 56.1. The number of likely N-dealkylation sites (tertiary alicyclic amines) is 2. The Balaban J connectivity index is 1.35. The molecule has 4 aliphatic rings. The molecular weight excluding hydrogens is 1300 g/mol. The average molecular weight is 1400 g/mol. The number of carboxylic acid groups (broad SMARTS) is 1. The maximum absolute atomic E-state index is 15.8. The number of fused-ring (bicyclic) bond motifs is 2. The number of halogens is 2.